The van der Waals surface area contributed by atoms with Crippen LogP contribution in [0.25, 0.3) is 11.3 Å². The number of nitrogens with zero attached hydrogens (tertiary/aromatic N) is 2. The molecule has 4 N–H and O–H groups in total. The number of aromatic amines is 1. The molecule has 0 spiro atoms. The summed E-state index contributed by atoms with van der Waals surface area (Å²) < 4.78 is 5.07. The van der Waals surface area contributed by atoms with Crippen molar-refractivity contribution in [1.29, 1.82) is 0 Å². The second kappa shape index (κ2) is 22.6. The Morgan fingerprint density at radius 2 is 1.81 bits per heavy atom. The van der Waals surface area contributed by atoms with Gasteiger partial charge < -0.3 is 15.6 Å². The standard InChI is InChI=1S/C15H22N4O.C11H16O.2C2H6/c1-3-19(2)15(20)14-10-13(17-18-14)12-6-4-11(5-7-12)8-9-16;1-5-7-11(12-4)9-6-8-10(2)3;2*1-2/h4-7,10,15,20H,3,8-9,16H2,1-2H3,(H,17,18);7-9H,2,5H2,1,3-4H3;2*1-2H3/b;11-7+;;. The van der Waals surface area contributed by atoms with Crippen LogP contribution < -0.4 is 5.73 Å². The Labute approximate surface area is 220 Å². The third-order valence-corrected chi connectivity index (χ3v) is 4.67. The van der Waals surface area contributed by atoms with E-state index < -0.39 is 6.23 Å². The maximum Gasteiger partial charge on any atom is 0.149 e. The van der Waals surface area contributed by atoms with Crippen LogP contribution in [0.1, 0.15) is 72.4 Å². The van der Waals surface area contributed by atoms with Crippen molar-refractivity contribution >= 4 is 0 Å². The van der Waals surface area contributed by atoms with Gasteiger partial charge in [-0.25, -0.2) is 0 Å². The number of hydrogen-bond donors (Lipinski definition) is 3. The van der Waals surface area contributed by atoms with Crippen LogP contribution in [-0.2, 0) is 11.2 Å². The zero-order chi connectivity index (χ0) is 27.9. The molecule has 0 radical (unpaired) electrons. The number of methoxy groups -OCH3 is 1. The molecule has 1 aromatic heterocycles. The lowest BCUT2D eigenvalue weighted by Gasteiger charge is -2.19. The lowest BCUT2D eigenvalue weighted by atomic mass is 10.1. The summed E-state index contributed by atoms with van der Waals surface area (Å²) in [4.78, 5) is 1.83. The number of hydrogen-bond acceptors (Lipinski definition) is 5. The molecule has 0 aliphatic heterocycles. The molecule has 1 unspecified atom stereocenters. The van der Waals surface area contributed by atoms with Gasteiger partial charge in [0.15, 0.2) is 0 Å². The van der Waals surface area contributed by atoms with E-state index in [9.17, 15) is 5.11 Å². The third-order valence-electron chi connectivity index (χ3n) is 4.67. The van der Waals surface area contributed by atoms with E-state index >= 15 is 0 Å². The number of ether oxygens (including phenoxy) is 1. The minimum atomic E-state index is -0.655. The topological polar surface area (TPSA) is 87.4 Å². The van der Waals surface area contributed by atoms with Gasteiger partial charge in [-0.3, -0.25) is 10.00 Å². The SMILES string of the molecule is C=C(C)C=C=C/C(=C\CC)OC.CC.CC.CCN(C)C(O)c1cc(-c2ccc(CCN)cc2)n[nH]1. The Balaban J connectivity index is 0. The van der Waals surface area contributed by atoms with Gasteiger partial charge in [-0.05, 0) is 63.7 Å². The summed E-state index contributed by atoms with van der Waals surface area (Å²) in [6.07, 6.45) is 6.82. The van der Waals surface area contributed by atoms with Gasteiger partial charge in [0.25, 0.3) is 0 Å². The Morgan fingerprint density at radius 3 is 2.28 bits per heavy atom. The fraction of sp³-hybridized carbons (Fsp3) is 0.467. The smallest absolute Gasteiger partial charge is 0.149 e. The van der Waals surface area contributed by atoms with Gasteiger partial charge >= 0.3 is 0 Å². The molecule has 0 amide bonds. The zero-order valence-corrected chi connectivity index (χ0v) is 24.1. The fourth-order valence-electron chi connectivity index (χ4n) is 2.70. The van der Waals surface area contributed by atoms with Crippen molar-refractivity contribution in [2.24, 2.45) is 5.73 Å². The zero-order valence-electron chi connectivity index (χ0n) is 24.1. The largest absolute Gasteiger partial charge is 0.496 e. The number of benzene rings is 1. The number of rotatable bonds is 10. The first-order valence-electron chi connectivity index (χ1n) is 12.9. The Bertz CT molecular complexity index is 907. The van der Waals surface area contributed by atoms with Crippen LogP contribution in [0.3, 0.4) is 0 Å². The molecule has 0 fully saturated rings. The predicted molar refractivity (Wildman–Crippen MR) is 156 cm³/mol. The average molecular weight is 499 g/mol. The third kappa shape index (κ3) is 14.5. The highest BCUT2D eigenvalue weighted by molar-refractivity contribution is 5.59. The van der Waals surface area contributed by atoms with Crippen LogP contribution in [0.15, 0.2) is 72.2 Å². The number of aromatic nitrogens is 2. The van der Waals surface area contributed by atoms with Crippen LogP contribution in [0.2, 0.25) is 0 Å². The van der Waals surface area contributed by atoms with Crippen molar-refractivity contribution in [1.82, 2.24) is 15.1 Å². The minimum Gasteiger partial charge on any atom is -0.496 e. The Morgan fingerprint density at radius 1 is 1.19 bits per heavy atom. The molecule has 202 valence electrons. The lowest BCUT2D eigenvalue weighted by molar-refractivity contribution is 0.0210. The normalized spacial score (nSPS) is 10.8. The number of aliphatic hydroxyl groups excluding tert-OH is 1. The summed E-state index contributed by atoms with van der Waals surface area (Å²) in [5.41, 5.74) is 13.3. The first-order chi connectivity index (χ1) is 17.4. The summed E-state index contributed by atoms with van der Waals surface area (Å²) in [6.45, 7) is 19.1. The van der Waals surface area contributed by atoms with Gasteiger partial charge in [0.2, 0.25) is 0 Å². The molecule has 2 rings (SSSR count). The van der Waals surface area contributed by atoms with E-state index in [1.165, 1.54) is 5.56 Å². The highest BCUT2D eigenvalue weighted by atomic mass is 16.5. The van der Waals surface area contributed by atoms with E-state index in [4.69, 9.17) is 10.5 Å². The molecule has 0 saturated carbocycles. The van der Waals surface area contributed by atoms with Gasteiger partial charge in [-0.2, -0.15) is 5.10 Å². The number of aliphatic hydroxyl groups is 1. The molecule has 0 bridgehead atoms. The maximum absolute atomic E-state index is 10.1. The fourth-order valence-corrected chi connectivity index (χ4v) is 2.70. The van der Waals surface area contributed by atoms with Gasteiger partial charge in [0.05, 0.1) is 18.5 Å². The molecule has 1 atom stereocenters. The number of nitrogens with two attached hydrogens (primary N) is 1. The molecule has 1 heterocycles. The van der Waals surface area contributed by atoms with Gasteiger partial charge in [-0.1, -0.05) is 78.0 Å². The first-order valence-corrected chi connectivity index (χ1v) is 12.9. The monoisotopic (exact) mass is 498 g/mol. The average Bonchev–Trinajstić information content (AvgIpc) is 3.41. The van der Waals surface area contributed by atoms with E-state index in [1.807, 2.05) is 83.8 Å². The first kappa shape index (κ1) is 35.3. The van der Waals surface area contributed by atoms with Crippen LogP contribution in [0, 0.1) is 0 Å². The molecule has 0 aliphatic carbocycles. The molecule has 6 heteroatoms. The maximum atomic E-state index is 10.1. The molecule has 6 nitrogen and oxygen atoms in total. The molecular formula is C30H50N4O2. The van der Waals surface area contributed by atoms with E-state index in [0.29, 0.717) is 12.2 Å². The molecule has 2 aromatic rings. The molecule has 36 heavy (non-hydrogen) atoms. The van der Waals surface area contributed by atoms with Crippen molar-refractivity contribution in [3.63, 3.8) is 0 Å². The molecule has 0 saturated heterocycles. The quantitative estimate of drug-likeness (QED) is 0.145. The second-order valence-electron chi connectivity index (χ2n) is 7.41. The van der Waals surface area contributed by atoms with E-state index in [-0.39, 0.29) is 0 Å². The number of allylic oxidation sites excluding steroid dienone is 3. The Hall–Kier alpha value is -2.89. The van der Waals surface area contributed by atoms with E-state index in [2.05, 4.69) is 41.6 Å². The summed E-state index contributed by atoms with van der Waals surface area (Å²) in [6, 6.07) is 10.1. The van der Waals surface area contributed by atoms with Gasteiger partial charge in [0.1, 0.15) is 12.0 Å². The number of H-pyrrole nitrogens is 1. The highest BCUT2D eigenvalue weighted by Crippen LogP contribution is 2.22. The summed E-state index contributed by atoms with van der Waals surface area (Å²) in [5.74, 6) is 0.843. The molecular weight excluding hydrogens is 448 g/mol. The second-order valence-corrected chi connectivity index (χ2v) is 7.41. The summed E-state index contributed by atoms with van der Waals surface area (Å²) >= 11 is 0. The van der Waals surface area contributed by atoms with Crippen molar-refractivity contribution in [2.75, 3.05) is 27.2 Å². The van der Waals surface area contributed by atoms with Crippen LogP contribution in [-0.4, -0.2) is 47.5 Å². The summed E-state index contributed by atoms with van der Waals surface area (Å²) in [7, 11) is 3.52. The number of nitrogens with one attached hydrogen (secondary N) is 1. The van der Waals surface area contributed by atoms with E-state index in [0.717, 1.165) is 42.0 Å². The molecule has 1 aromatic carbocycles. The van der Waals surface area contributed by atoms with Crippen molar-refractivity contribution in [3.05, 3.63) is 83.5 Å². The van der Waals surface area contributed by atoms with Gasteiger partial charge in [0, 0.05) is 11.6 Å². The minimum absolute atomic E-state index is 0.654. The predicted octanol–water partition coefficient (Wildman–Crippen LogP) is 6.79. The highest BCUT2D eigenvalue weighted by Gasteiger charge is 2.15. The van der Waals surface area contributed by atoms with E-state index in [1.54, 1.807) is 13.2 Å². The lowest BCUT2D eigenvalue weighted by Crippen LogP contribution is -2.24. The summed E-state index contributed by atoms with van der Waals surface area (Å²) in [5, 5.41) is 17.3. The van der Waals surface area contributed by atoms with Crippen LogP contribution in [0.4, 0.5) is 0 Å². The van der Waals surface area contributed by atoms with Crippen molar-refractivity contribution < 1.29 is 9.84 Å². The van der Waals surface area contributed by atoms with Crippen LogP contribution in [0.5, 0.6) is 0 Å². The van der Waals surface area contributed by atoms with Crippen molar-refractivity contribution in [2.45, 2.75) is 67.5 Å². The Kier molecular flexibility index (Phi) is 22.1. The van der Waals surface area contributed by atoms with Crippen LogP contribution >= 0.6 is 0 Å². The molecule has 0 aliphatic rings. The van der Waals surface area contributed by atoms with Crippen molar-refractivity contribution in [3.8, 4) is 11.3 Å². The van der Waals surface area contributed by atoms with Gasteiger partial charge in [-0.15, -0.1) is 5.73 Å².